The van der Waals surface area contributed by atoms with Gasteiger partial charge in [-0.05, 0) is 81.1 Å². The molecule has 0 aliphatic heterocycles. The highest BCUT2D eigenvalue weighted by atomic mass is 16.5. The summed E-state index contributed by atoms with van der Waals surface area (Å²) in [6.07, 6.45) is 12.5. The summed E-state index contributed by atoms with van der Waals surface area (Å²) in [5.74, 6) is 2.78. The van der Waals surface area contributed by atoms with Crippen LogP contribution in [0.4, 0.5) is 0 Å². The third kappa shape index (κ3) is 3.41. The van der Waals surface area contributed by atoms with Crippen molar-refractivity contribution >= 4 is 11.9 Å². The third-order valence-corrected chi connectivity index (χ3v) is 8.46. The molecule has 0 N–H and O–H groups in total. The largest absolute Gasteiger partial charge is 0.462 e. The first-order valence-corrected chi connectivity index (χ1v) is 11.6. The minimum atomic E-state index is -0.0824. The molecule has 0 amide bonds. The molecule has 0 bridgehead atoms. The summed E-state index contributed by atoms with van der Waals surface area (Å²) in [7, 11) is 0. The summed E-state index contributed by atoms with van der Waals surface area (Å²) in [5.41, 5.74) is 1.72. The van der Waals surface area contributed by atoms with Crippen molar-refractivity contribution in [1.29, 1.82) is 0 Å². The van der Waals surface area contributed by atoms with Gasteiger partial charge in [0.2, 0.25) is 0 Å². The lowest BCUT2D eigenvalue weighted by molar-refractivity contribution is -0.158. The maximum atomic E-state index is 11.9. The Hall–Kier alpha value is -1.32. The number of carbonyl (C=O) groups excluding carboxylic acids is 2. The van der Waals surface area contributed by atoms with E-state index in [2.05, 4.69) is 13.0 Å². The maximum absolute atomic E-state index is 11.9. The zero-order valence-electron chi connectivity index (χ0n) is 17.7. The van der Waals surface area contributed by atoms with Crippen LogP contribution >= 0.6 is 0 Å². The number of ether oxygens (including phenoxy) is 2. The highest BCUT2D eigenvalue weighted by molar-refractivity contribution is 5.69. The minimum Gasteiger partial charge on any atom is -0.462 e. The van der Waals surface area contributed by atoms with Crippen molar-refractivity contribution in [2.75, 3.05) is 0 Å². The molecule has 4 aliphatic carbocycles. The lowest BCUT2D eigenvalue weighted by atomic mass is 9.52. The lowest BCUT2D eigenvalue weighted by Crippen LogP contribution is -2.48. The average Bonchev–Trinajstić information content (AvgIpc) is 3.03. The van der Waals surface area contributed by atoms with Gasteiger partial charge in [0.15, 0.2) is 0 Å². The van der Waals surface area contributed by atoms with Gasteiger partial charge in [0.05, 0.1) is 0 Å². The van der Waals surface area contributed by atoms with Crippen LogP contribution in [0.25, 0.3) is 0 Å². The Morgan fingerprint density at radius 3 is 2.46 bits per heavy atom. The molecule has 0 aromatic rings. The molecule has 1 unspecified atom stereocenters. The quantitative estimate of drug-likeness (QED) is 0.490. The fraction of sp³-hybridized carbons (Fsp3) is 0.833. The van der Waals surface area contributed by atoms with Gasteiger partial charge in [-0.25, -0.2) is 0 Å². The first-order valence-electron chi connectivity index (χ1n) is 11.6. The van der Waals surface area contributed by atoms with Crippen LogP contribution in [0.2, 0.25) is 0 Å². The van der Waals surface area contributed by atoms with E-state index in [0.29, 0.717) is 24.7 Å². The third-order valence-electron chi connectivity index (χ3n) is 8.46. The number of fused-ring (bicyclic) bond motifs is 5. The van der Waals surface area contributed by atoms with Crippen LogP contribution in [0.3, 0.4) is 0 Å². The summed E-state index contributed by atoms with van der Waals surface area (Å²) < 4.78 is 11.5. The van der Waals surface area contributed by atoms with Crippen molar-refractivity contribution in [1.82, 2.24) is 0 Å². The summed E-state index contributed by atoms with van der Waals surface area (Å²) in [5, 5.41) is 0. The fourth-order valence-electron chi connectivity index (χ4n) is 7.03. The van der Waals surface area contributed by atoms with Gasteiger partial charge < -0.3 is 9.47 Å². The molecule has 0 saturated heterocycles. The maximum Gasteiger partial charge on any atom is 0.306 e. The number of hydrogen-bond donors (Lipinski definition) is 0. The molecule has 4 nitrogen and oxygen atoms in total. The predicted octanol–water partition coefficient (Wildman–Crippen LogP) is 5.20. The van der Waals surface area contributed by atoms with Crippen LogP contribution in [0.1, 0.15) is 85.0 Å². The molecule has 7 atom stereocenters. The molecule has 3 saturated carbocycles. The number of rotatable bonds is 4. The van der Waals surface area contributed by atoms with Crippen molar-refractivity contribution in [3.05, 3.63) is 11.6 Å². The highest BCUT2D eigenvalue weighted by Crippen LogP contribution is 2.62. The fourth-order valence-corrected chi connectivity index (χ4v) is 7.03. The molecule has 4 rings (SSSR count). The van der Waals surface area contributed by atoms with E-state index in [1.807, 2.05) is 13.8 Å². The molecule has 3 fully saturated rings. The van der Waals surface area contributed by atoms with Crippen LogP contribution in [0.15, 0.2) is 11.6 Å². The predicted molar refractivity (Wildman–Crippen MR) is 107 cm³/mol. The molecule has 4 aliphatic rings. The summed E-state index contributed by atoms with van der Waals surface area (Å²) in [6, 6.07) is 0. The number of carbonyl (C=O) groups is 2. The smallest absolute Gasteiger partial charge is 0.306 e. The second-order valence-corrected chi connectivity index (χ2v) is 9.73. The van der Waals surface area contributed by atoms with E-state index < -0.39 is 0 Å². The number of esters is 2. The molecule has 0 heterocycles. The molecule has 0 aromatic heterocycles. The Morgan fingerprint density at radius 2 is 1.71 bits per heavy atom. The van der Waals surface area contributed by atoms with Crippen molar-refractivity contribution < 1.29 is 19.1 Å². The molecule has 0 spiro atoms. The van der Waals surface area contributed by atoms with Gasteiger partial charge in [0.25, 0.3) is 0 Å². The Bertz CT molecular complexity index is 653. The van der Waals surface area contributed by atoms with Crippen LogP contribution in [0.5, 0.6) is 0 Å². The lowest BCUT2D eigenvalue weighted by Gasteiger charge is -2.53. The molecule has 0 radical (unpaired) electrons. The average molecular weight is 389 g/mol. The number of allylic oxidation sites excluding steroid dienone is 1. The summed E-state index contributed by atoms with van der Waals surface area (Å²) in [6.45, 7) is 6.13. The van der Waals surface area contributed by atoms with Crippen molar-refractivity contribution in [3.63, 3.8) is 0 Å². The van der Waals surface area contributed by atoms with Crippen LogP contribution in [-0.4, -0.2) is 24.1 Å². The van der Waals surface area contributed by atoms with E-state index in [1.54, 1.807) is 5.57 Å². The second kappa shape index (κ2) is 7.84. The van der Waals surface area contributed by atoms with Crippen molar-refractivity contribution in [2.45, 2.75) is 97.2 Å². The topological polar surface area (TPSA) is 52.6 Å². The summed E-state index contributed by atoms with van der Waals surface area (Å²) in [4.78, 5) is 23.6. The van der Waals surface area contributed by atoms with E-state index in [0.717, 1.165) is 37.5 Å². The molecule has 4 heteroatoms. The first-order chi connectivity index (χ1) is 13.5. The van der Waals surface area contributed by atoms with Gasteiger partial charge in [-0.2, -0.15) is 0 Å². The van der Waals surface area contributed by atoms with Crippen LogP contribution in [0, 0.1) is 29.1 Å². The molecule has 156 valence electrons. The Labute approximate surface area is 169 Å². The second-order valence-electron chi connectivity index (χ2n) is 9.73. The van der Waals surface area contributed by atoms with Crippen molar-refractivity contribution in [2.24, 2.45) is 29.1 Å². The van der Waals surface area contributed by atoms with E-state index >= 15 is 0 Å². The van der Waals surface area contributed by atoms with E-state index in [1.165, 1.54) is 25.7 Å². The summed E-state index contributed by atoms with van der Waals surface area (Å²) >= 11 is 0. The number of hydrogen-bond acceptors (Lipinski definition) is 4. The first kappa shape index (κ1) is 20.0. The van der Waals surface area contributed by atoms with E-state index in [-0.39, 0.29) is 29.6 Å². The molecular formula is C24H36O4. The molecule has 0 aromatic carbocycles. The standard InChI is InChI=1S/C24H36O4/c1-4-22(25)27-16-7-9-17-15(14-16)6-8-19-18(17)12-13-24(3)20(19)10-11-21(24)28-23(26)5-2/h14,16-21H,4-13H2,1-3H3/t16?,17-,18+,19+,20-,21-,24-/m0/s1. The van der Waals surface area contributed by atoms with Crippen LogP contribution < -0.4 is 0 Å². The van der Waals surface area contributed by atoms with Crippen LogP contribution in [-0.2, 0) is 19.1 Å². The molecular weight excluding hydrogens is 352 g/mol. The van der Waals surface area contributed by atoms with Gasteiger partial charge in [-0.15, -0.1) is 0 Å². The zero-order valence-corrected chi connectivity index (χ0v) is 17.7. The van der Waals surface area contributed by atoms with Crippen molar-refractivity contribution in [3.8, 4) is 0 Å². The van der Waals surface area contributed by atoms with Gasteiger partial charge >= 0.3 is 11.9 Å². The van der Waals surface area contributed by atoms with E-state index in [4.69, 9.17) is 9.47 Å². The highest BCUT2D eigenvalue weighted by Gasteiger charge is 2.57. The SMILES string of the molecule is CCC(=O)OC1C=C2CC[C@@H]3[C@H](CC[C@]4(C)[C@@H](OC(=O)CC)CC[C@@H]34)[C@H]2CC1. The normalized spacial score (nSPS) is 41.9. The van der Waals surface area contributed by atoms with Gasteiger partial charge in [-0.1, -0.05) is 26.3 Å². The Balaban J connectivity index is 1.47. The van der Waals surface area contributed by atoms with Gasteiger partial charge in [-0.3, -0.25) is 9.59 Å². The Morgan fingerprint density at radius 1 is 0.964 bits per heavy atom. The van der Waals surface area contributed by atoms with E-state index in [9.17, 15) is 9.59 Å². The van der Waals surface area contributed by atoms with Gasteiger partial charge in [0.1, 0.15) is 12.2 Å². The minimum absolute atomic E-state index is 0.00609. The Kier molecular flexibility index (Phi) is 5.59. The zero-order chi connectivity index (χ0) is 19.9. The molecule has 28 heavy (non-hydrogen) atoms. The van der Waals surface area contributed by atoms with Gasteiger partial charge in [0, 0.05) is 18.3 Å². The monoisotopic (exact) mass is 388 g/mol.